The summed E-state index contributed by atoms with van der Waals surface area (Å²) in [4.78, 5) is 26.0. The number of nitrogens with zero attached hydrogens (tertiary/aromatic N) is 1. The SMILES string of the molecule is CCC1(CO)CCN(C(=O)C(=O)Nc2cc(C)ccc2Cl)CC1. The lowest BCUT2D eigenvalue weighted by atomic mass is 9.77. The number of carbonyl (C=O) groups excluding carboxylic acids is 2. The van der Waals surface area contributed by atoms with Crippen LogP contribution in [-0.4, -0.2) is 41.5 Å². The molecule has 5 nitrogen and oxygen atoms in total. The number of carbonyl (C=O) groups is 2. The minimum Gasteiger partial charge on any atom is -0.396 e. The predicted octanol–water partition coefficient (Wildman–Crippen LogP) is 2.60. The van der Waals surface area contributed by atoms with Crippen molar-refractivity contribution in [1.29, 1.82) is 0 Å². The van der Waals surface area contributed by atoms with Crippen LogP contribution >= 0.6 is 11.6 Å². The van der Waals surface area contributed by atoms with Gasteiger partial charge in [0.05, 0.1) is 10.7 Å². The zero-order valence-corrected chi connectivity index (χ0v) is 14.3. The number of likely N-dealkylation sites (tertiary alicyclic amines) is 1. The molecule has 0 saturated carbocycles. The van der Waals surface area contributed by atoms with E-state index in [4.69, 9.17) is 11.6 Å². The molecule has 1 aromatic carbocycles. The van der Waals surface area contributed by atoms with E-state index in [1.807, 2.05) is 19.9 Å². The van der Waals surface area contributed by atoms with E-state index in [1.165, 1.54) is 0 Å². The Morgan fingerprint density at radius 3 is 2.57 bits per heavy atom. The third-order valence-electron chi connectivity index (χ3n) is 4.76. The molecule has 2 amide bonds. The summed E-state index contributed by atoms with van der Waals surface area (Å²) in [5, 5.41) is 12.5. The molecule has 1 aromatic rings. The van der Waals surface area contributed by atoms with Crippen LogP contribution in [0.4, 0.5) is 5.69 Å². The largest absolute Gasteiger partial charge is 0.396 e. The standard InChI is InChI=1S/C17H23ClN2O3/c1-3-17(11-21)6-8-20(9-7-17)16(23)15(22)19-14-10-12(2)4-5-13(14)18/h4-5,10,21H,3,6-9,11H2,1-2H3,(H,19,22). The van der Waals surface area contributed by atoms with E-state index in [2.05, 4.69) is 5.32 Å². The molecule has 0 spiro atoms. The van der Waals surface area contributed by atoms with Crippen molar-refractivity contribution < 1.29 is 14.7 Å². The Morgan fingerprint density at radius 2 is 2.00 bits per heavy atom. The van der Waals surface area contributed by atoms with Crippen molar-refractivity contribution >= 4 is 29.1 Å². The smallest absolute Gasteiger partial charge is 0.313 e. The maximum atomic E-state index is 12.3. The van der Waals surface area contributed by atoms with Crippen molar-refractivity contribution in [2.45, 2.75) is 33.1 Å². The van der Waals surface area contributed by atoms with E-state index >= 15 is 0 Å². The number of aliphatic hydroxyl groups is 1. The molecule has 6 heteroatoms. The van der Waals surface area contributed by atoms with E-state index in [-0.39, 0.29) is 12.0 Å². The fraction of sp³-hybridized carbons (Fsp3) is 0.529. The molecule has 23 heavy (non-hydrogen) atoms. The van der Waals surface area contributed by atoms with Crippen molar-refractivity contribution in [3.8, 4) is 0 Å². The van der Waals surface area contributed by atoms with E-state index in [9.17, 15) is 14.7 Å². The number of nitrogens with one attached hydrogen (secondary N) is 1. The first kappa shape index (κ1) is 17.8. The molecular formula is C17H23ClN2O3. The molecule has 2 rings (SSSR count). The third-order valence-corrected chi connectivity index (χ3v) is 5.09. The normalized spacial score (nSPS) is 17.0. The molecule has 1 heterocycles. The molecule has 0 bridgehead atoms. The van der Waals surface area contributed by atoms with Gasteiger partial charge in [0, 0.05) is 19.7 Å². The van der Waals surface area contributed by atoms with Crippen LogP contribution in [0.5, 0.6) is 0 Å². The van der Waals surface area contributed by atoms with Crippen molar-refractivity contribution in [1.82, 2.24) is 4.90 Å². The summed E-state index contributed by atoms with van der Waals surface area (Å²) in [6.07, 6.45) is 2.30. The Hall–Kier alpha value is -1.59. The summed E-state index contributed by atoms with van der Waals surface area (Å²) < 4.78 is 0. The number of hydrogen-bond acceptors (Lipinski definition) is 3. The molecule has 1 saturated heterocycles. The monoisotopic (exact) mass is 338 g/mol. The number of amides is 2. The Morgan fingerprint density at radius 1 is 1.35 bits per heavy atom. The third kappa shape index (κ3) is 4.03. The number of aliphatic hydroxyl groups excluding tert-OH is 1. The molecule has 126 valence electrons. The van der Waals surface area contributed by atoms with Gasteiger partial charge in [0.15, 0.2) is 0 Å². The molecule has 0 atom stereocenters. The van der Waals surface area contributed by atoms with Crippen molar-refractivity contribution in [2.75, 3.05) is 25.0 Å². The highest BCUT2D eigenvalue weighted by Crippen LogP contribution is 2.34. The van der Waals surface area contributed by atoms with Gasteiger partial charge in [0.1, 0.15) is 0 Å². The quantitative estimate of drug-likeness (QED) is 0.832. The van der Waals surface area contributed by atoms with Crippen LogP contribution in [0.15, 0.2) is 18.2 Å². The highest BCUT2D eigenvalue weighted by atomic mass is 35.5. The van der Waals surface area contributed by atoms with Crippen LogP contribution < -0.4 is 5.32 Å². The summed E-state index contributed by atoms with van der Waals surface area (Å²) in [5.41, 5.74) is 1.28. The first-order valence-electron chi connectivity index (χ1n) is 7.88. The van der Waals surface area contributed by atoms with E-state index in [0.717, 1.165) is 12.0 Å². The molecule has 0 aliphatic carbocycles. The highest BCUT2D eigenvalue weighted by Gasteiger charge is 2.35. The Labute approximate surface area is 141 Å². The summed E-state index contributed by atoms with van der Waals surface area (Å²) in [7, 11) is 0. The average Bonchev–Trinajstić information content (AvgIpc) is 2.57. The van der Waals surface area contributed by atoms with Crippen LogP contribution in [0.25, 0.3) is 0 Å². The van der Waals surface area contributed by atoms with E-state index in [1.54, 1.807) is 17.0 Å². The van der Waals surface area contributed by atoms with E-state index < -0.39 is 11.8 Å². The first-order chi connectivity index (χ1) is 10.9. The topological polar surface area (TPSA) is 69.6 Å². The van der Waals surface area contributed by atoms with Crippen LogP contribution in [0.3, 0.4) is 0 Å². The maximum Gasteiger partial charge on any atom is 0.313 e. The van der Waals surface area contributed by atoms with Gasteiger partial charge in [-0.1, -0.05) is 24.6 Å². The fourth-order valence-electron chi connectivity index (χ4n) is 2.86. The second-order valence-corrected chi connectivity index (χ2v) is 6.65. The number of benzene rings is 1. The molecule has 1 aliphatic heterocycles. The number of anilines is 1. The first-order valence-corrected chi connectivity index (χ1v) is 8.26. The lowest BCUT2D eigenvalue weighted by Gasteiger charge is -2.39. The number of rotatable bonds is 3. The minimum atomic E-state index is -0.675. The van der Waals surface area contributed by atoms with Gasteiger partial charge < -0.3 is 15.3 Å². The molecule has 0 unspecified atom stereocenters. The summed E-state index contributed by atoms with van der Waals surface area (Å²) in [6.45, 7) is 5.03. The van der Waals surface area contributed by atoms with Crippen LogP contribution in [0, 0.1) is 12.3 Å². The fourth-order valence-corrected chi connectivity index (χ4v) is 3.03. The zero-order valence-electron chi connectivity index (χ0n) is 13.6. The summed E-state index contributed by atoms with van der Waals surface area (Å²) in [5.74, 6) is -1.23. The molecule has 1 fully saturated rings. The van der Waals surface area contributed by atoms with Gasteiger partial charge in [0.25, 0.3) is 0 Å². The van der Waals surface area contributed by atoms with Crippen LogP contribution in [-0.2, 0) is 9.59 Å². The van der Waals surface area contributed by atoms with Gasteiger partial charge in [0.2, 0.25) is 0 Å². The zero-order chi connectivity index (χ0) is 17.0. The van der Waals surface area contributed by atoms with Crippen molar-refractivity contribution in [2.24, 2.45) is 5.41 Å². The van der Waals surface area contributed by atoms with E-state index in [0.29, 0.717) is 36.6 Å². The van der Waals surface area contributed by atoms with Gasteiger partial charge in [-0.05, 0) is 49.3 Å². The Kier molecular flexibility index (Phi) is 5.65. The Bertz CT molecular complexity index is 590. The van der Waals surface area contributed by atoms with Crippen LogP contribution in [0.2, 0.25) is 5.02 Å². The predicted molar refractivity (Wildman–Crippen MR) is 90.4 cm³/mol. The van der Waals surface area contributed by atoms with Crippen molar-refractivity contribution in [3.05, 3.63) is 28.8 Å². The molecule has 0 radical (unpaired) electrons. The summed E-state index contributed by atoms with van der Waals surface area (Å²) >= 11 is 6.04. The number of halogens is 1. The van der Waals surface area contributed by atoms with Gasteiger partial charge in [-0.3, -0.25) is 9.59 Å². The van der Waals surface area contributed by atoms with Gasteiger partial charge >= 0.3 is 11.8 Å². The van der Waals surface area contributed by atoms with Crippen molar-refractivity contribution in [3.63, 3.8) is 0 Å². The molecule has 0 aromatic heterocycles. The summed E-state index contributed by atoms with van der Waals surface area (Å²) in [6, 6.07) is 5.26. The second kappa shape index (κ2) is 7.32. The Balaban J connectivity index is 1.98. The van der Waals surface area contributed by atoms with Gasteiger partial charge in [-0.2, -0.15) is 0 Å². The number of aryl methyl sites for hydroxylation is 1. The maximum absolute atomic E-state index is 12.3. The second-order valence-electron chi connectivity index (χ2n) is 6.24. The van der Waals surface area contributed by atoms with Crippen LogP contribution in [0.1, 0.15) is 31.7 Å². The highest BCUT2D eigenvalue weighted by molar-refractivity contribution is 6.41. The molecule has 2 N–H and O–H groups in total. The van der Waals surface area contributed by atoms with Gasteiger partial charge in [-0.25, -0.2) is 0 Å². The molecule has 1 aliphatic rings. The molecular weight excluding hydrogens is 316 g/mol. The number of piperidine rings is 1. The van der Waals surface area contributed by atoms with Gasteiger partial charge in [-0.15, -0.1) is 0 Å². The lowest BCUT2D eigenvalue weighted by molar-refractivity contribution is -0.145. The lowest BCUT2D eigenvalue weighted by Crippen LogP contribution is -2.48. The minimum absolute atomic E-state index is 0.118. The number of hydrogen-bond donors (Lipinski definition) is 2. The average molecular weight is 339 g/mol.